The minimum Gasteiger partial charge on any atom is -0.497 e. The number of methoxy groups -OCH3 is 1. The van der Waals surface area contributed by atoms with Gasteiger partial charge in [0.25, 0.3) is 0 Å². The molecule has 7 nitrogen and oxygen atoms in total. The van der Waals surface area contributed by atoms with E-state index >= 15 is 0 Å². The summed E-state index contributed by atoms with van der Waals surface area (Å²) in [6, 6.07) is 41.0. The van der Waals surface area contributed by atoms with Crippen LogP contribution in [0.15, 0.2) is 133 Å². The molecule has 2 N–H and O–H groups in total. The molecule has 5 aromatic carbocycles. The highest BCUT2D eigenvalue weighted by Gasteiger charge is 2.21. The van der Waals surface area contributed by atoms with Crippen molar-refractivity contribution in [2.45, 2.75) is 25.4 Å². The van der Waals surface area contributed by atoms with Crippen molar-refractivity contribution in [1.29, 1.82) is 0 Å². The van der Waals surface area contributed by atoms with Crippen molar-refractivity contribution in [2.75, 3.05) is 30.5 Å². The highest BCUT2D eigenvalue weighted by atomic mass is 16.5. The minimum absolute atomic E-state index is 0.165. The summed E-state index contributed by atoms with van der Waals surface area (Å²) in [4.78, 5) is 27.7. The fourth-order valence-corrected chi connectivity index (χ4v) is 5.27. The number of carbonyl (C=O) groups is 2. The van der Waals surface area contributed by atoms with Gasteiger partial charge < -0.3 is 24.8 Å². The van der Waals surface area contributed by atoms with Crippen LogP contribution >= 0.6 is 0 Å². The first-order valence-corrected chi connectivity index (χ1v) is 15.3. The van der Waals surface area contributed by atoms with Crippen molar-refractivity contribution in [3.05, 3.63) is 156 Å². The van der Waals surface area contributed by atoms with E-state index in [1.165, 1.54) is 5.56 Å². The Kier molecular flexibility index (Phi) is 11.0. The van der Waals surface area contributed by atoms with Gasteiger partial charge in [-0.15, -0.1) is 0 Å². The molecule has 0 spiro atoms. The summed E-state index contributed by atoms with van der Waals surface area (Å²) in [6.07, 6.45) is 1.05. The van der Waals surface area contributed by atoms with Crippen molar-refractivity contribution in [3.63, 3.8) is 0 Å². The van der Waals surface area contributed by atoms with Crippen LogP contribution in [0, 0.1) is 0 Å². The monoisotopic (exact) mass is 614 g/mol. The van der Waals surface area contributed by atoms with Crippen LogP contribution in [0.5, 0.6) is 11.5 Å². The third kappa shape index (κ3) is 8.76. The Morgan fingerprint density at radius 3 is 2.17 bits per heavy atom. The molecule has 0 unspecified atom stereocenters. The van der Waals surface area contributed by atoms with Crippen molar-refractivity contribution in [2.24, 2.45) is 0 Å². The number of para-hydroxylation sites is 2. The number of carboxylic acids is 1. The van der Waals surface area contributed by atoms with Crippen LogP contribution in [0.1, 0.15) is 33.5 Å². The maximum absolute atomic E-state index is 13.1. The zero-order valence-electron chi connectivity index (χ0n) is 25.8. The number of nitrogens with zero attached hydrogens (tertiary/aromatic N) is 1. The number of carboxylic acid groups (broad SMARTS) is 1. The van der Waals surface area contributed by atoms with Crippen molar-refractivity contribution >= 4 is 23.1 Å². The largest absolute Gasteiger partial charge is 0.497 e. The number of anilines is 2. The van der Waals surface area contributed by atoms with Crippen LogP contribution in [-0.4, -0.2) is 43.2 Å². The number of rotatable bonds is 16. The molecule has 5 rings (SSSR count). The van der Waals surface area contributed by atoms with Gasteiger partial charge in [0, 0.05) is 42.0 Å². The van der Waals surface area contributed by atoms with Crippen LogP contribution in [0.2, 0.25) is 0 Å². The standard InChI is InChI=1S/C39H38N2O5/c1-45-34-17-10-12-30(26-34)28-41(32-15-6-3-7-16-32)24-11-25-46-33-22-20-29(21-23-33)27-37(39(43)44)40-36-19-9-8-18-35(36)38(42)31-13-4-2-5-14-31/h2-10,12-23,26,37,40H,11,24-25,27-28H2,1H3,(H,43,44)/t37-/m0/s1. The van der Waals surface area contributed by atoms with Crippen molar-refractivity contribution < 1.29 is 24.2 Å². The minimum atomic E-state index is -1.00. The predicted octanol–water partition coefficient (Wildman–Crippen LogP) is 7.51. The average molecular weight is 615 g/mol. The molecule has 7 heteroatoms. The fraction of sp³-hybridized carbons (Fsp3) is 0.179. The number of aliphatic carboxylic acids is 1. The molecule has 46 heavy (non-hydrogen) atoms. The first kappa shape index (κ1) is 31.9. The molecule has 0 saturated carbocycles. The number of benzene rings is 5. The van der Waals surface area contributed by atoms with Gasteiger partial charge in [0.1, 0.15) is 17.5 Å². The van der Waals surface area contributed by atoms with E-state index in [-0.39, 0.29) is 12.2 Å². The zero-order chi connectivity index (χ0) is 32.1. The summed E-state index contributed by atoms with van der Waals surface area (Å²) in [5.74, 6) is 0.396. The molecule has 0 fully saturated rings. The van der Waals surface area contributed by atoms with Gasteiger partial charge in [0.2, 0.25) is 0 Å². The molecule has 0 amide bonds. The van der Waals surface area contributed by atoms with Crippen LogP contribution in [0.3, 0.4) is 0 Å². The Balaban J connectivity index is 1.16. The molecular weight excluding hydrogens is 576 g/mol. The molecule has 0 saturated heterocycles. The Hall–Kier alpha value is -5.56. The summed E-state index contributed by atoms with van der Waals surface area (Å²) in [7, 11) is 1.68. The second kappa shape index (κ2) is 16.0. The molecule has 0 aliphatic rings. The van der Waals surface area contributed by atoms with E-state index in [1.54, 1.807) is 55.6 Å². The second-order valence-electron chi connectivity index (χ2n) is 10.9. The first-order chi connectivity index (χ1) is 22.5. The van der Waals surface area contributed by atoms with E-state index in [0.717, 1.165) is 42.3 Å². The summed E-state index contributed by atoms with van der Waals surface area (Å²) < 4.78 is 11.5. The molecule has 0 aliphatic carbocycles. The van der Waals surface area contributed by atoms with Crippen LogP contribution in [0.4, 0.5) is 11.4 Å². The molecule has 0 heterocycles. The molecule has 0 aromatic heterocycles. The highest BCUT2D eigenvalue weighted by molar-refractivity contribution is 6.12. The van der Waals surface area contributed by atoms with Gasteiger partial charge in [-0.05, 0) is 66.1 Å². The topological polar surface area (TPSA) is 88.1 Å². The van der Waals surface area contributed by atoms with E-state index in [9.17, 15) is 14.7 Å². The maximum Gasteiger partial charge on any atom is 0.326 e. The number of hydrogen-bond donors (Lipinski definition) is 2. The third-order valence-corrected chi connectivity index (χ3v) is 7.67. The fourth-order valence-electron chi connectivity index (χ4n) is 5.27. The quantitative estimate of drug-likeness (QED) is 0.0879. The average Bonchev–Trinajstić information content (AvgIpc) is 3.10. The highest BCUT2D eigenvalue weighted by Crippen LogP contribution is 2.23. The van der Waals surface area contributed by atoms with Crippen LogP contribution in [0.25, 0.3) is 0 Å². The molecule has 0 aliphatic heterocycles. The molecule has 1 atom stereocenters. The van der Waals surface area contributed by atoms with E-state index in [4.69, 9.17) is 9.47 Å². The van der Waals surface area contributed by atoms with E-state index in [1.807, 2.05) is 60.7 Å². The van der Waals surface area contributed by atoms with Crippen molar-refractivity contribution in [3.8, 4) is 11.5 Å². The number of hydrogen-bond acceptors (Lipinski definition) is 6. The Bertz CT molecular complexity index is 1710. The van der Waals surface area contributed by atoms with Gasteiger partial charge in [0.05, 0.1) is 13.7 Å². The van der Waals surface area contributed by atoms with Gasteiger partial charge in [0.15, 0.2) is 5.78 Å². The normalized spacial score (nSPS) is 11.3. The number of ketones is 1. The van der Waals surface area contributed by atoms with Gasteiger partial charge in [-0.2, -0.15) is 0 Å². The van der Waals surface area contributed by atoms with E-state index in [2.05, 4.69) is 34.5 Å². The van der Waals surface area contributed by atoms with Gasteiger partial charge in [-0.3, -0.25) is 4.79 Å². The summed E-state index contributed by atoms with van der Waals surface area (Å²) >= 11 is 0. The summed E-state index contributed by atoms with van der Waals surface area (Å²) in [5.41, 5.74) is 4.61. The SMILES string of the molecule is COc1cccc(CN(CCCOc2ccc(C[C@H](Nc3ccccc3C(=O)c3ccccc3)C(=O)O)cc2)c2ccccc2)c1. The van der Waals surface area contributed by atoms with Crippen molar-refractivity contribution in [1.82, 2.24) is 0 Å². The second-order valence-corrected chi connectivity index (χ2v) is 10.9. The zero-order valence-corrected chi connectivity index (χ0v) is 25.8. The molecule has 0 radical (unpaired) electrons. The lowest BCUT2D eigenvalue weighted by Crippen LogP contribution is -2.32. The Morgan fingerprint density at radius 2 is 1.46 bits per heavy atom. The summed E-state index contributed by atoms with van der Waals surface area (Å²) in [6.45, 7) is 2.09. The molecule has 0 bridgehead atoms. The van der Waals surface area contributed by atoms with Crippen LogP contribution in [-0.2, 0) is 17.8 Å². The molecule has 5 aromatic rings. The van der Waals surface area contributed by atoms with E-state index < -0.39 is 12.0 Å². The molecule has 234 valence electrons. The van der Waals surface area contributed by atoms with Crippen LogP contribution < -0.4 is 19.7 Å². The lowest BCUT2D eigenvalue weighted by Gasteiger charge is -2.25. The summed E-state index contributed by atoms with van der Waals surface area (Å²) in [5, 5.41) is 13.1. The lowest BCUT2D eigenvalue weighted by molar-refractivity contribution is -0.137. The number of ether oxygens (including phenoxy) is 2. The molecular formula is C39H38N2O5. The third-order valence-electron chi connectivity index (χ3n) is 7.67. The van der Waals surface area contributed by atoms with Gasteiger partial charge in [-0.1, -0.05) is 84.9 Å². The lowest BCUT2D eigenvalue weighted by atomic mass is 10.00. The van der Waals surface area contributed by atoms with Gasteiger partial charge in [-0.25, -0.2) is 4.79 Å². The van der Waals surface area contributed by atoms with Gasteiger partial charge >= 0.3 is 5.97 Å². The number of nitrogens with one attached hydrogen (secondary N) is 1. The maximum atomic E-state index is 13.1. The first-order valence-electron chi connectivity index (χ1n) is 15.3. The Labute approximate surface area is 270 Å². The Morgan fingerprint density at radius 1 is 0.761 bits per heavy atom. The van der Waals surface area contributed by atoms with E-state index in [0.29, 0.717) is 23.4 Å². The predicted molar refractivity (Wildman–Crippen MR) is 182 cm³/mol. The number of carbonyl (C=O) groups excluding carboxylic acids is 1. The smallest absolute Gasteiger partial charge is 0.326 e.